The zero-order valence-electron chi connectivity index (χ0n) is 12.0. The fourth-order valence-corrected chi connectivity index (χ4v) is 1.95. The van der Waals surface area contributed by atoms with E-state index in [1.54, 1.807) is 4.90 Å². The van der Waals surface area contributed by atoms with E-state index in [9.17, 15) is 9.59 Å². The molecule has 5 nitrogen and oxygen atoms in total. The van der Waals surface area contributed by atoms with Crippen LogP contribution in [0.25, 0.3) is 0 Å². The second-order valence-corrected chi connectivity index (χ2v) is 4.49. The molecule has 0 spiro atoms. The largest absolute Gasteiger partial charge is 0.481 e. The zero-order valence-corrected chi connectivity index (χ0v) is 12.0. The van der Waals surface area contributed by atoms with Gasteiger partial charge in [-0.3, -0.25) is 4.79 Å². The number of rotatable bonds is 8. The normalized spacial score (nSPS) is 11.1. The molecule has 0 aromatic rings. The van der Waals surface area contributed by atoms with Gasteiger partial charge in [-0.15, -0.1) is 0 Å². The van der Waals surface area contributed by atoms with E-state index in [1.807, 2.05) is 6.92 Å². The van der Waals surface area contributed by atoms with E-state index in [4.69, 9.17) is 5.11 Å². The van der Waals surface area contributed by atoms with Crippen LogP contribution in [0.15, 0.2) is 0 Å². The van der Waals surface area contributed by atoms with Crippen LogP contribution in [0.5, 0.6) is 0 Å². The van der Waals surface area contributed by atoms with E-state index in [-0.39, 0.29) is 24.5 Å². The molecule has 18 heavy (non-hydrogen) atoms. The van der Waals surface area contributed by atoms with Crippen molar-refractivity contribution in [2.24, 2.45) is 0 Å². The molecule has 0 aromatic carbocycles. The topological polar surface area (TPSA) is 69.6 Å². The summed E-state index contributed by atoms with van der Waals surface area (Å²) in [6.07, 6.45) is 2.62. The van der Waals surface area contributed by atoms with Gasteiger partial charge in [-0.05, 0) is 26.2 Å². The Kier molecular flexibility index (Phi) is 7.39. The number of carbonyl (C=O) groups is 2. The van der Waals surface area contributed by atoms with Gasteiger partial charge in [0.15, 0.2) is 0 Å². The van der Waals surface area contributed by atoms with Gasteiger partial charge in [0.1, 0.15) is 0 Å². The van der Waals surface area contributed by atoms with Crippen molar-refractivity contribution in [3.8, 4) is 0 Å². The second-order valence-electron chi connectivity index (χ2n) is 4.49. The summed E-state index contributed by atoms with van der Waals surface area (Å²) in [7, 11) is 0. The van der Waals surface area contributed by atoms with Gasteiger partial charge in [0.2, 0.25) is 0 Å². The summed E-state index contributed by atoms with van der Waals surface area (Å²) in [4.78, 5) is 24.2. The number of carboxylic acids is 1. The Labute approximate surface area is 110 Å². The first-order chi connectivity index (χ1) is 8.44. The molecule has 0 saturated heterocycles. The molecule has 0 aliphatic rings. The quantitative estimate of drug-likeness (QED) is 0.702. The number of carbonyl (C=O) groups excluding carboxylic acids is 1. The number of urea groups is 1. The molecule has 2 N–H and O–H groups in total. The van der Waals surface area contributed by atoms with Crippen molar-refractivity contribution < 1.29 is 14.7 Å². The molecule has 0 fully saturated rings. The Hall–Kier alpha value is -1.26. The molecule has 0 heterocycles. The Balaban J connectivity index is 4.54. The number of hydrogen-bond donors (Lipinski definition) is 2. The van der Waals surface area contributed by atoms with Crippen molar-refractivity contribution in [2.45, 2.75) is 58.9 Å². The van der Waals surface area contributed by atoms with Crippen molar-refractivity contribution >= 4 is 12.0 Å². The molecule has 0 rings (SSSR count). The van der Waals surface area contributed by atoms with E-state index in [0.29, 0.717) is 6.54 Å². The van der Waals surface area contributed by atoms with E-state index >= 15 is 0 Å². The first-order valence-electron chi connectivity index (χ1n) is 6.73. The van der Waals surface area contributed by atoms with Crippen LogP contribution in [0.1, 0.15) is 53.4 Å². The highest BCUT2D eigenvalue weighted by molar-refractivity contribution is 5.76. The van der Waals surface area contributed by atoms with Gasteiger partial charge in [-0.2, -0.15) is 0 Å². The maximum Gasteiger partial charge on any atom is 0.317 e. The monoisotopic (exact) mass is 258 g/mol. The highest BCUT2D eigenvalue weighted by Crippen LogP contribution is 2.19. The van der Waals surface area contributed by atoms with Crippen LogP contribution in [0.2, 0.25) is 0 Å². The summed E-state index contributed by atoms with van der Waals surface area (Å²) in [6, 6.07) is -0.163. The molecule has 0 unspecified atom stereocenters. The third kappa shape index (κ3) is 4.94. The molecule has 0 saturated carbocycles. The zero-order chi connectivity index (χ0) is 14.2. The van der Waals surface area contributed by atoms with Gasteiger partial charge in [0.05, 0.1) is 6.42 Å². The van der Waals surface area contributed by atoms with E-state index in [1.165, 1.54) is 0 Å². The SMILES string of the molecule is CCN(CCC(=O)O)C(=O)NC(CC)(CC)CC. The maximum atomic E-state index is 12.1. The minimum Gasteiger partial charge on any atom is -0.481 e. The highest BCUT2D eigenvalue weighted by atomic mass is 16.4. The molecule has 0 aromatic heterocycles. The molecular weight excluding hydrogens is 232 g/mol. The highest BCUT2D eigenvalue weighted by Gasteiger charge is 2.27. The van der Waals surface area contributed by atoms with Gasteiger partial charge < -0.3 is 15.3 Å². The lowest BCUT2D eigenvalue weighted by Gasteiger charge is -2.34. The van der Waals surface area contributed by atoms with E-state index < -0.39 is 5.97 Å². The third-order valence-corrected chi connectivity index (χ3v) is 3.67. The summed E-state index contributed by atoms with van der Waals surface area (Å²) >= 11 is 0. The number of nitrogens with one attached hydrogen (secondary N) is 1. The van der Waals surface area contributed by atoms with Crippen molar-refractivity contribution in [1.82, 2.24) is 10.2 Å². The Morgan fingerprint density at radius 2 is 1.61 bits per heavy atom. The van der Waals surface area contributed by atoms with Crippen molar-refractivity contribution in [2.75, 3.05) is 13.1 Å². The van der Waals surface area contributed by atoms with Gasteiger partial charge in [-0.25, -0.2) is 4.79 Å². The lowest BCUT2D eigenvalue weighted by molar-refractivity contribution is -0.137. The summed E-state index contributed by atoms with van der Waals surface area (Å²) in [5.74, 6) is -0.881. The van der Waals surface area contributed by atoms with Crippen LogP contribution in [0, 0.1) is 0 Å². The van der Waals surface area contributed by atoms with Gasteiger partial charge in [0.25, 0.3) is 0 Å². The Bertz CT molecular complexity index is 267. The summed E-state index contributed by atoms with van der Waals surface area (Å²) < 4.78 is 0. The van der Waals surface area contributed by atoms with Crippen LogP contribution >= 0.6 is 0 Å². The second kappa shape index (κ2) is 7.95. The Morgan fingerprint density at radius 3 is 1.94 bits per heavy atom. The predicted octanol–water partition coefficient (Wildman–Crippen LogP) is 2.46. The molecule has 0 aliphatic heterocycles. The number of hydrogen-bond acceptors (Lipinski definition) is 2. The smallest absolute Gasteiger partial charge is 0.317 e. The maximum absolute atomic E-state index is 12.1. The number of amides is 2. The van der Waals surface area contributed by atoms with Gasteiger partial charge >= 0.3 is 12.0 Å². The molecule has 106 valence electrons. The minimum absolute atomic E-state index is 0.0152. The van der Waals surface area contributed by atoms with Crippen molar-refractivity contribution in [3.63, 3.8) is 0 Å². The van der Waals surface area contributed by atoms with Crippen LogP contribution in [0.4, 0.5) is 4.79 Å². The van der Waals surface area contributed by atoms with Gasteiger partial charge in [-0.1, -0.05) is 20.8 Å². The van der Waals surface area contributed by atoms with Gasteiger partial charge in [0, 0.05) is 18.6 Å². The standard InChI is InChI=1S/C13H26N2O3/c1-5-13(6-2,7-3)14-12(18)15(8-4)10-9-11(16)17/h5-10H2,1-4H3,(H,14,18)(H,16,17). The average Bonchev–Trinajstić information content (AvgIpc) is 2.36. The molecule has 2 amide bonds. The lowest BCUT2D eigenvalue weighted by atomic mass is 9.90. The average molecular weight is 258 g/mol. The van der Waals surface area contributed by atoms with Crippen LogP contribution in [0.3, 0.4) is 0 Å². The first-order valence-corrected chi connectivity index (χ1v) is 6.73. The van der Waals surface area contributed by atoms with E-state index in [0.717, 1.165) is 19.3 Å². The van der Waals surface area contributed by atoms with E-state index in [2.05, 4.69) is 26.1 Å². The fourth-order valence-electron chi connectivity index (χ4n) is 1.95. The van der Waals surface area contributed by atoms with Crippen LogP contribution in [-0.2, 0) is 4.79 Å². The fraction of sp³-hybridized carbons (Fsp3) is 0.846. The van der Waals surface area contributed by atoms with Crippen molar-refractivity contribution in [3.05, 3.63) is 0 Å². The first kappa shape index (κ1) is 16.7. The summed E-state index contributed by atoms with van der Waals surface area (Å²) in [6.45, 7) is 8.80. The minimum atomic E-state index is -0.881. The number of carboxylic acid groups (broad SMARTS) is 1. The number of aliphatic carboxylic acids is 1. The molecule has 0 radical (unpaired) electrons. The summed E-state index contributed by atoms with van der Waals surface area (Å²) in [5.41, 5.74) is -0.173. The van der Waals surface area contributed by atoms with Crippen LogP contribution in [-0.4, -0.2) is 40.6 Å². The van der Waals surface area contributed by atoms with Crippen LogP contribution < -0.4 is 5.32 Å². The number of nitrogens with zero attached hydrogens (tertiary/aromatic N) is 1. The van der Waals surface area contributed by atoms with Crippen molar-refractivity contribution in [1.29, 1.82) is 0 Å². The predicted molar refractivity (Wildman–Crippen MR) is 71.6 cm³/mol. The lowest BCUT2D eigenvalue weighted by Crippen LogP contribution is -2.52. The Morgan fingerprint density at radius 1 is 1.11 bits per heavy atom. The molecule has 5 heteroatoms. The molecular formula is C13H26N2O3. The third-order valence-electron chi connectivity index (χ3n) is 3.67. The molecule has 0 bridgehead atoms. The molecule has 0 aliphatic carbocycles. The molecule has 0 atom stereocenters. The summed E-state index contributed by atoms with van der Waals surface area (Å²) in [5, 5.41) is 11.7.